The fraction of sp³-hybridized carbons (Fsp3) is 0.455. The van der Waals surface area contributed by atoms with Crippen LogP contribution in [0, 0.1) is 33.6 Å². The van der Waals surface area contributed by atoms with Crippen LogP contribution in [0.2, 0.25) is 0 Å². The van der Waals surface area contributed by atoms with Gasteiger partial charge in [0.05, 0.1) is 0 Å². The summed E-state index contributed by atoms with van der Waals surface area (Å²) in [5, 5.41) is 5.37. The first-order valence-electron chi connectivity index (χ1n) is 26.5. The highest BCUT2D eigenvalue weighted by molar-refractivity contribution is 6.09. The third-order valence-electron chi connectivity index (χ3n) is 12.4. The Morgan fingerprint density at radius 3 is 1.39 bits per heavy atom. The van der Waals surface area contributed by atoms with Crippen LogP contribution in [0.4, 0.5) is 0 Å². The maximum atomic E-state index is 4.16. The molecule has 0 radical (unpaired) electrons. The van der Waals surface area contributed by atoms with Crippen molar-refractivity contribution in [3.8, 4) is 33.4 Å². The summed E-state index contributed by atoms with van der Waals surface area (Å²) in [4.78, 5) is 0. The number of allylic oxidation sites excluding steroid dienone is 1. The summed E-state index contributed by atoms with van der Waals surface area (Å²) in [6.07, 6.45) is 19.1. The van der Waals surface area contributed by atoms with Gasteiger partial charge in [-0.05, 0) is 208 Å². The molecule has 0 nitrogen and oxygen atoms in total. The van der Waals surface area contributed by atoms with E-state index in [-0.39, 0.29) is 0 Å². The summed E-state index contributed by atoms with van der Waals surface area (Å²) < 4.78 is 0. The molecule has 358 valence electrons. The van der Waals surface area contributed by atoms with Crippen LogP contribution in [-0.2, 0) is 25.7 Å². The Morgan fingerprint density at radius 2 is 0.970 bits per heavy atom. The van der Waals surface area contributed by atoms with E-state index in [1.807, 2.05) is 33.8 Å². The van der Waals surface area contributed by atoms with E-state index in [0.29, 0.717) is 0 Å². The van der Waals surface area contributed by atoms with Crippen molar-refractivity contribution in [2.75, 3.05) is 0 Å². The van der Waals surface area contributed by atoms with Gasteiger partial charge >= 0.3 is 0 Å². The monoisotopic (exact) mass is 887 g/mol. The lowest BCUT2D eigenvalue weighted by Gasteiger charge is -2.22. The van der Waals surface area contributed by atoms with Crippen LogP contribution < -0.4 is 0 Å². The molecule has 0 heterocycles. The van der Waals surface area contributed by atoms with Crippen molar-refractivity contribution in [2.45, 2.75) is 195 Å². The quantitative estimate of drug-likeness (QED) is 0.0964. The molecule has 0 bridgehead atoms. The van der Waals surface area contributed by atoms with Crippen LogP contribution in [-0.4, -0.2) is 0 Å². The molecule has 0 atom stereocenters. The normalized spacial score (nSPS) is 10.8. The lowest BCUT2D eigenvalue weighted by molar-refractivity contribution is 0.737. The second-order valence-electron chi connectivity index (χ2n) is 18.4. The molecule has 0 amide bonds. The molecule has 0 N–H and O–H groups in total. The minimum atomic E-state index is 0.833. The number of unbranched alkanes of at least 4 members (excludes halogenated alkanes) is 2. The van der Waals surface area contributed by atoms with Gasteiger partial charge in [-0.15, -0.1) is 0 Å². The average Bonchev–Trinajstić information content (AvgIpc) is 3.32. The lowest BCUT2D eigenvalue weighted by Crippen LogP contribution is -2.02. The van der Waals surface area contributed by atoms with Crippen molar-refractivity contribution < 1.29 is 0 Å². The zero-order valence-corrected chi connectivity index (χ0v) is 45.7. The van der Waals surface area contributed by atoms with E-state index >= 15 is 0 Å². The molecule has 0 fully saturated rings. The molecule has 0 unspecified atom stereocenters. The van der Waals surface area contributed by atoms with Crippen molar-refractivity contribution in [1.29, 1.82) is 0 Å². The van der Waals surface area contributed by atoms with Crippen LogP contribution in [0.5, 0.6) is 0 Å². The summed E-state index contributed by atoms with van der Waals surface area (Å²) >= 11 is 0. The first-order valence-corrected chi connectivity index (χ1v) is 26.5. The zero-order valence-electron chi connectivity index (χ0n) is 45.7. The molecular formula is C66H94. The molecule has 0 aromatic heterocycles. The molecule has 66 heavy (non-hydrogen) atoms. The molecule has 0 saturated carbocycles. The molecule has 6 aromatic carbocycles. The number of aryl methyl sites for hydroxylation is 3. The Labute approximate surface area is 407 Å². The van der Waals surface area contributed by atoms with E-state index in [0.717, 1.165) is 38.0 Å². The van der Waals surface area contributed by atoms with E-state index in [4.69, 9.17) is 0 Å². The number of rotatable bonds is 15. The molecule has 0 heteroatoms. The second-order valence-corrected chi connectivity index (χ2v) is 18.4. The smallest absolute Gasteiger partial charge is 0.00643 e. The van der Waals surface area contributed by atoms with E-state index < -0.39 is 0 Å². The van der Waals surface area contributed by atoms with Gasteiger partial charge in [0.25, 0.3) is 0 Å². The minimum Gasteiger partial charge on any atom is -0.0985 e. The molecule has 6 aromatic rings. The fourth-order valence-electron chi connectivity index (χ4n) is 9.02. The average molecular weight is 887 g/mol. The predicted molar refractivity (Wildman–Crippen MR) is 306 cm³/mol. The first kappa shape index (κ1) is 57.4. The van der Waals surface area contributed by atoms with Crippen LogP contribution >= 0.6 is 0 Å². The third kappa shape index (κ3) is 14.4. The summed E-state index contributed by atoms with van der Waals surface area (Å²) in [7, 11) is 0. The molecular weight excluding hydrogens is 793 g/mol. The molecule has 0 aliphatic heterocycles. The summed E-state index contributed by atoms with van der Waals surface area (Å²) in [6.45, 7) is 43.4. The first-order chi connectivity index (χ1) is 31.8. The Bertz CT molecular complexity index is 2440. The van der Waals surface area contributed by atoms with Crippen LogP contribution in [0.3, 0.4) is 0 Å². The van der Waals surface area contributed by atoms with Gasteiger partial charge < -0.3 is 0 Å². The maximum absolute atomic E-state index is 4.16. The Kier molecular flexibility index (Phi) is 26.0. The number of fused-ring (bicyclic) bond motifs is 2. The largest absolute Gasteiger partial charge is 0.0985 e. The standard InChI is InChI=1S/C55H64.C4H10.C3H8.2C2H6/c1-11-17-22-41-24-26-44-32-46(52-34-40(16-6)36(7)38(9)48(52)20-14-4)28-30-50(44)54(41)55-42(23-18-12-2)25-27-45-33-47(29-31-51(45)55)53-35-43(19-13-3)37(8)39(10)49(53)21-15-5;1-4(2)3;1-3-2;2*1-2/h14,16,20,24-35H,6,11-13,15,17-19,21-23H2,1-5,7-10H3;4H,1-3H3;3H2,1-2H3;2*1-2H3/b20-14-;;;;. The van der Waals surface area contributed by atoms with Crippen molar-refractivity contribution >= 4 is 33.7 Å². The highest BCUT2D eigenvalue weighted by atomic mass is 14.2. The van der Waals surface area contributed by atoms with Gasteiger partial charge in [-0.3, -0.25) is 0 Å². The highest BCUT2D eigenvalue weighted by Gasteiger charge is 2.20. The van der Waals surface area contributed by atoms with E-state index in [2.05, 4.69) is 188 Å². The van der Waals surface area contributed by atoms with Gasteiger partial charge in [-0.1, -0.05) is 202 Å². The van der Waals surface area contributed by atoms with Crippen LogP contribution in [0.15, 0.2) is 85.5 Å². The Morgan fingerprint density at radius 1 is 0.500 bits per heavy atom. The van der Waals surface area contributed by atoms with Gasteiger partial charge in [0.1, 0.15) is 0 Å². The lowest BCUT2D eigenvalue weighted by atomic mass is 9.82. The minimum absolute atomic E-state index is 0.833. The zero-order chi connectivity index (χ0) is 49.5. The second kappa shape index (κ2) is 29.9. The Balaban J connectivity index is 0.00000124. The summed E-state index contributed by atoms with van der Waals surface area (Å²) in [5.41, 5.74) is 22.2. The molecule has 0 spiro atoms. The SMILES string of the molecule is C=Cc1cc(-c2ccc3c(-c4c(CCCC)ccc5cc(-c6cc(CCC)c(C)c(C)c6CCC)ccc45)c(CCCC)ccc3c2)c(/C=C\C)c(C)c1C.CC.CC.CC(C)C.CCC. The summed E-state index contributed by atoms with van der Waals surface area (Å²) in [6, 6.07) is 29.2. The van der Waals surface area contributed by atoms with Gasteiger partial charge in [0.15, 0.2) is 0 Å². The number of benzene rings is 6. The fourth-order valence-corrected chi connectivity index (χ4v) is 9.02. The van der Waals surface area contributed by atoms with Crippen molar-refractivity contribution in [3.63, 3.8) is 0 Å². The molecule has 0 aliphatic carbocycles. The van der Waals surface area contributed by atoms with Gasteiger partial charge in [-0.25, -0.2) is 0 Å². The van der Waals surface area contributed by atoms with Crippen LogP contribution in [0.1, 0.15) is 198 Å². The predicted octanol–water partition coefficient (Wildman–Crippen LogP) is 21.6. The summed E-state index contributed by atoms with van der Waals surface area (Å²) in [5.74, 6) is 0.833. The molecule has 0 saturated heterocycles. The highest BCUT2D eigenvalue weighted by Crippen LogP contribution is 2.44. The van der Waals surface area contributed by atoms with E-state index in [1.165, 1.54) is 149 Å². The van der Waals surface area contributed by atoms with Crippen LogP contribution in [0.25, 0.3) is 67.1 Å². The maximum Gasteiger partial charge on any atom is -0.00643 e. The van der Waals surface area contributed by atoms with Crippen molar-refractivity contribution in [2.24, 2.45) is 5.92 Å². The van der Waals surface area contributed by atoms with Gasteiger partial charge in [0.2, 0.25) is 0 Å². The van der Waals surface area contributed by atoms with E-state index in [9.17, 15) is 0 Å². The van der Waals surface area contributed by atoms with Gasteiger partial charge in [0, 0.05) is 0 Å². The Hall–Kier alpha value is -4.68. The number of hydrogen-bond acceptors (Lipinski definition) is 0. The topological polar surface area (TPSA) is 0 Å². The van der Waals surface area contributed by atoms with Gasteiger partial charge in [-0.2, -0.15) is 0 Å². The van der Waals surface area contributed by atoms with Crippen molar-refractivity contribution in [3.05, 3.63) is 141 Å². The van der Waals surface area contributed by atoms with Crippen molar-refractivity contribution in [1.82, 2.24) is 0 Å². The molecule has 6 rings (SSSR count). The third-order valence-corrected chi connectivity index (χ3v) is 12.4. The number of hydrogen-bond donors (Lipinski definition) is 0. The molecule has 0 aliphatic rings. The van der Waals surface area contributed by atoms with E-state index in [1.54, 1.807) is 0 Å².